The summed E-state index contributed by atoms with van der Waals surface area (Å²) in [6.07, 6.45) is 15.5. The minimum Gasteiger partial charge on any atom is -0.374 e. The third kappa shape index (κ3) is 5.43. The van der Waals surface area contributed by atoms with Gasteiger partial charge < -0.3 is 4.74 Å². The number of rotatable bonds is 4. The quantitative estimate of drug-likeness (QED) is 0.616. The highest BCUT2D eigenvalue weighted by Crippen LogP contribution is 2.19. The van der Waals surface area contributed by atoms with Gasteiger partial charge in [-0.15, -0.1) is 0 Å². The molecule has 0 spiro atoms. The van der Waals surface area contributed by atoms with Gasteiger partial charge in [0.15, 0.2) is 0 Å². The van der Waals surface area contributed by atoms with Crippen LogP contribution in [-0.2, 0) is 4.74 Å². The Balaban J connectivity index is 2.10. The molecule has 0 radical (unpaired) electrons. The molecule has 0 saturated heterocycles. The lowest BCUT2D eigenvalue weighted by Crippen LogP contribution is -2.14. The largest absolute Gasteiger partial charge is 0.374 e. The Kier molecular flexibility index (Phi) is 6.77. The Bertz CT molecular complexity index is 143. The fourth-order valence-electron chi connectivity index (χ4n) is 2.01. The van der Waals surface area contributed by atoms with Crippen LogP contribution < -0.4 is 0 Å². The third-order valence-electron chi connectivity index (χ3n) is 2.88. The number of hydrogen-bond donors (Lipinski definition) is 0. The van der Waals surface area contributed by atoms with Crippen LogP contribution in [0.5, 0.6) is 0 Å². The van der Waals surface area contributed by atoms with E-state index in [1.165, 1.54) is 44.9 Å². The summed E-state index contributed by atoms with van der Waals surface area (Å²) in [6.45, 7) is 2.98. The molecule has 1 rings (SSSR count). The smallest absolute Gasteiger partial charge is 0.0651 e. The second-order valence-corrected chi connectivity index (χ2v) is 4.18. The topological polar surface area (TPSA) is 9.23 Å². The lowest BCUT2D eigenvalue weighted by Gasteiger charge is -2.19. The molecule has 1 aliphatic carbocycles. The van der Waals surface area contributed by atoms with Crippen LogP contribution in [0.3, 0.4) is 0 Å². The van der Waals surface area contributed by atoms with Gasteiger partial charge >= 0.3 is 0 Å². The van der Waals surface area contributed by atoms with Gasteiger partial charge in [-0.25, -0.2) is 0 Å². The molecule has 1 saturated carbocycles. The summed E-state index contributed by atoms with van der Waals surface area (Å²) in [4.78, 5) is 0. The average Bonchev–Trinajstić information content (AvgIpc) is 2.15. The van der Waals surface area contributed by atoms with E-state index in [1.54, 1.807) is 0 Å². The fraction of sp³-hybridized carbons (Fsp3) is 0.846. The molecule has 0 heterocycles. The first kappa shape index (κ1) is 11.8. The van der Waals surface area contributed by atoms with Crippen molar-refractivity contribution in [3.63, 3.8) is 0 Å². The molecule has 0 atom stereocenters. The monoisotopic (exact) mass is 196 g/mol. The van der Waals surface area contributed by atoms with Gasteiger partial charge in [0.05, 0.1) is 12.7 Å². The van der Waals surface area contributed by atoms with Crippen molar-refractivity contribution in [1.29, 1.82) is 0 Å². The van der Waals surface area contributed by atoms with Crippen molar-refractivity contribution >= 4 is 0 Å². The van der Waals surface area contributed by atoms with E-state index in [0.29, 0.717) is 6.10 Å². The van der Waals surface area contributed by atoms with Crippen LogP contribution in [0.1, 0.15) is 58.3 Å². The standard InChI is InChI=1S/C13H24O/c1-2-3-9-12-14-13-10-7-5-4-6-8-11-13/h3,9,13H,2,4-8,10-12H2,1H3/b9-3+. The van der Waals surface area contributed by atoms with E-state index < -0.39 is 0 Å². The summed E-state index contributed by atoms with van der Waals surface area (Å²) in [5, 5.41) is 0. The molecule has 0 N–H and O–H groups in total. The summed E-state index contributed by atoms with van der Waals surface area (Å²) in [5.41, 5.74) is 0. The Morgan fingerprint density at radius 2 is 1.64 bits per heavy atom. The van der Waals surface area contributed by atoms with Crippen LogP contribution in [0.15, 0.2) is 12.2 Å². The highest BCUT2D eigenvalue weighted by Gasteiger charge is 2.10. The van der Waals surface area contributed by atoms with E-state index in [0.717, 1.165) is 13.0 Å². The maximum Gasteiger partial charge on any atom is 0.0651 e. The molecule has 1 heteroatoms. The van der Waals surface area contributed by atoms with Gasteiger partial charge in [0.2, 0.25) is 0 Å². The van der Waals surface area contributed by atoms with Crippen LogP contribution >= 0.6 is 0 Å². The molecule has 0 bridgehead atoms. The number of hydrogen-bond acceptors (Lipinski definition) is 1. The maximum atomic E-state index is 5.83. The summed E-state index contributed by atoms with van der Waals surface area (Å²) in [7, 11) is 0. The first-order valence-corrected chi connectivity index (χ1v) is 6.20. The zero-order valence-electron chi connectivity index (χ0n) is 9.50. The molecule has 1 fully saturated rings. The van der Waals surface area contributed by atoms with Crippen LogP contribution in [0.2, 0.25) is 0 Å². The molecule has 1 nitrogen and oxygen atoms in total. The molecule has 14 heavy (non-hydrogen) atoms. The van der Waals surface area contributed by atoms with Crippen molar-refractivity contribution < 1.29 is 4.74 Å². The lowest BCUT2D eigenvalue weighted by atomic mass is 9.99. The highest BCUT2D eigenvalue weighted by atomic mass is 16.5. The molecule has 0 aromatic heterocycles. The second-order valence-electron chi connectivity index (χ2n) is 4.18. The van der Waals surface area contributed by atoms with E-state index in [9.17, 15) is 0 Å². The lowest BCUT2D eigenvalue weighted by molar-refractivity contribution is 0.0543. The Morgan fingerprint density at radius 3 is 2.29 bits per heavy atom. The Morgan fingerprint density at radius 1 is 1.00 bits per heavy atom. The minimum absolute atomic E-state index is 0.539. The van der Waals surface area contributed by atoms with Crippen molar-refractivity contribution in [3.05, 3.63) is 12.2 Å². The van der Waals surface area contributed by atoms with E-state index in [-0.39, 0.29) is 0 Å². The molecule has 82 valence electrons. The molecule has 0 aliphatic heterocycles. The van der Waals surface area contributed by atoms with Gasteiger partial charge in [-0.2, -0.15) is 0 Å². The van der Waals surface area contributed by atoms with E-state index in [1.807, 2.05) is 0 Å². The first-order valence-electron chi connectivity index (χ1n) is 6.20. The molecule has 0 aromatic rings. The molecule has 0 amide bonds. The van der Waals surface area contributed by atoms with Gasteiger partial charge in [0.1, 0.15) is 0 Å². The maximum absolute atomic E-state index is 5.83. The normalized spacial score (nSPS) is 20.9. The third-order valence-corrected chi connectivity index (χ3v) is 2.88. The highest BCUT2D eigenvalue weighted by molar-refractivity contribution is 4.80. The van der Waals surface area contributed by atoms with Gasteiger partial charge in [-0.1, -0.05) is 51.2 Å². The van der Waals surface area contributed by atoms with Crippen molar-refractivity contribution in [2.24, 2.45) is 0 Å². The summed E-state index contributed by atoms with van der Waals surface area (Å²) in [6, 6.07) is 0. The van der Waals surface area contributed by atoms with Crippen LogP contribution in [-0.4, -0.2) is 12.7 Å². The van der Waals surface area contributed by atoms with Crippen LogP contribution in [0.25, 0.3) is 0 Å². The number of allylic oxidation sites excluding steroid dienone is 1. The Hall–Kier alpha value is -0.300. The van der Waals surface area contributed by atoms with Crippen molar-refractivity contribution in [3.8, 4) is 0 Å². The molecule has 0 aromatic carbocycles. The average molecular weight is 196 g/mol. The molecule has 1 aliphatic rings. The van der Waals surface area contributed by atoms with Crippen molar-refractivity contribution in [1.82, 2.24) is 0 Å². The van der Waals surface area contributed by atoms with E-state index >= 15 is 0 Å². The predicted octanol–water partition coefficient (Wildman–Crippen LogP) is 4.08. The van der Waals surface area contributed by atoms with Gasteiger partial charge in [-0.3, -0.25) is 0 Å². The second kappa shape index (κ2) is 8.05. The molecular formula is C13H24O. The summed E-state index contributed by atoms with van der Waals surface area (Å²) < 4.78 is 5.83. The van der Waals surface area contributed by atoms with Crippen LogP contribution in [0.4, 0.5) is 0 Å². The molecule has 0 unspecified atom stereocenters. The SMILES string of the molecule is CC/C=C/COC1CCCCCCC1. The van der Waals surface area contributed by atoms with E-state index in [2.05, 4.69) is 19.1 Å². The predicted molar refractivity (Wildman–Crippen MR) is 61.5 cm³/mol. The van der Waals surface area contributed by atoms with E-state index in [4.69, 9.17) is 4.74 Å². The molecular weight excluding hydrogens is 172 g/mol. The van der Waals surface area contributed by atoms with Crippen LogP contribution in [0, 0.1) is 0 Å². The zero-order chi connectivity index (χ0) is 10.1. The minimum atomic E-state index is 0.539. The summed E-state index contributed by atoms with van der Waals surface area (Å²) >= 11 is 0. The summed E-state index contributed by atoms with van der Waals surface area (Å²) in [5.74, 6) is 0. The fourth-order valence-corrected chi connectivity index (χ4v) is 2.01. The zero-order valence-corrected chi connectivity index (χ0v) is 9.50. The van der Waals surface area contributed by atoms with Crippen molar-refractivity contribution in [2.75, 3.05) is 6.61 Å². The van der Waals surface area contributed by atoms with Gasteiger partial charge in [-0.05, 0) is 19.3 Å². The van der Waals surface area contributed by atoms with Crippen molar-refractivity contribution in [2.45, 2.75) is 64.4 Å². The Labute approximate surface area is 88.5 Å². The number of ether oxygens (including phenoxy) is 1. The van der Waals surface area contributed by atoms with Gasteiger partial charge in [0, 0.05) is 0 Å². The first-order chi connectivity index (χ1) is 6.93. The van der Waals surface area contributed by atoms with Gasteiger partial charge in [0.25, 0.3) is 0 Å².